The van der Waals surface area contributed by atoms with E-state index in [9.17, 15) is 19.3 Å². The summed E-state index contributed by atoms with van der Waals surface area (Å²) in [4.78, 5) is 46.1. The van der Waals surface area contributed by atoms with Crippen LogP contribution in [0.2, 0.25) is 15.1 Å². The summed E-state index contributed by atoms with van der Waals surface area (Å²) in [7, 11) is -3.29. The molecule has 12 nitrogen and oxygen atoms in total. The van der Waals surface area contributed by atoms with Crippen LogP contribution < -0.4 is 20.2 Å². The van der Waals surface area contributed by atoms with Gasteiger partial charge in [-0.3, -0.25) is 14.1 Å². The minimum Gasteiger partial charge on any atom is -0.491 e. The van der Waals surface area contributed by atoms with Crippen LogP contribution in [0.15, 0.2) is 29.2 Å². The number of aliphatic hydroxyl groups excluding tert-OH is 1. The van der Waals surface area contributed by atoms with Crippen LogP contribution in [0, 0.1) is 6.92 Å². The van der Waals surface area contributed by atoms with E-state index in [1.165, 1.54) is 36.0 Å². The molecule has 0 saturated carbocycles. The van der Waals surface area contributed by atoms with Gasteiger partial charge in [-0.2, -0.15) is 0 Å². The quantitative estimate of drug-likeness (QED) is 0.202. The monoisotopic (exact) mass is 595 g/mol. The number of carbonyl (C=O) groups excluding carboxylic acids is 1. The van der Waals surface area contributed by atoms with Gasteiger partial charge in [-0.15, -0.1) is 0 Å². The molecule has 0 spiro atoms. The number of aryl methyl sites for hydroxylation is 1. The van der Waals surface area contributed by atoms with Gasteiger partial charge >= 0.3 is 7.82 Å². The number of nitrogens with one attached hydrogen (secondary N) is 1. The van der Waals surface area contributed by atoms with Crippen LogP contribution in [0.4, 0.5) is 0 Å². The summed E-state index contributed by atoms with van der Waals surface area (Å²) in [6.07, 6.45) is -0.269. The summed E-state index contributed by atoms with van der Waals surface area (Å²) >= 11 is 19.5. The Kier molecular flexibility index (Phi) is 9.43. The summed E-state index contributed by atoms with van der Waals surface area (Å²) in [5.41, 5.74) is 0.336. The molecule has 1 atom stereocenters. The number of benzene rings is 1. The maximum absolute atomic E-state index is 12.9. The molecule has 2 heterocycles. The van der Waals surface area contributed by atoms with Gasteiger partial charge in [-0.05, 0) is 6.92 Å². The van der Waals surface area contributed by atoms with Crippen molar-refractivity contribution in [2.45, 2.75) is 13.0 Å². The molecule has 0 saturated heterocycles. The van der Waals surface area contributed by atoms with Crippen molar-refractivity contribution in [2.24, 2.45) is 0 Å². The van der Waals surface area contributed by atoms with Gasteiger partial charge in [0.05, 0.1) is 39.1 Å². The lowest BCUT2D eigenvalue weighted by Gasteiger charge is -2.20. The summed E-state index contributed by atoms with van der Waals surface area (Å²) in [6.45, 7) is 0.571. The Hall–Kier alpha value is -2.41. The van der Waals surface area contributed by atoms with Crippen molar-refractivity contribution >= 4 is 59.4 Å². The number of aliphatic hydroxyl groups is 1. The Bertz CT molecular complexity index is 1420. The van der Waals surface area contributed by atoms with Crippen LogP contribution >= 0.6 is 42.6 Å². The normalized spacial score (nSPS) is 12.4. The number of likely N-dealkylation sites (N-methyl/N-ethyl adjacent to an activating group) is 1. The van der Waals surface area contributed by atoms with Crippen LogP contribution in [-0.2, 0) is 13.9 Å². The first-order valence-corrected chi connectivity index (χ1v) is 13.1. The molecule has 1 aromatic carbocycles. The van der Waals surface area contributed by atoms with Gasteiger partial charge in [0.15, 0.2) is 11.5 Å². The second-order valence-corrected chi connectivity index (χ2v) is 9.93. The van der Waals surface area contributed by atoms with Gasteiger partial charge < -0.3 is 34.3 Å². The Morgan fingerprint density at radius 3 is 2.38 bits per heavy atom. The van der Waals surface area contributed by atoms with Crippen LogP contribution in [0.5, 0.6) is 11.6 Å². The fraction of sp³-hybridized carbons (Fsp3) is 0.286. The van der Waals surface area contributed by atoms with Crippen LogP contribution in [0.25, 0.3) is 16.6 Å². The molecule has 2 aromatic heterocycles. The number of carbonyl (C=O) groups is 1. The SMILES string of the molecule is CNC(=O)C(O)COc1ncc(Cl)c2c1c(=O)cc(C)n2-c1c(Cl)cc(OCCOP(=O)(O)O)cc1Cl. The van der Waals surface area contributed by atoms with Gasteiger partial charge in [-0.1, -0.05) is 34.8 Å². The number of amides is 1. The molecule has 1 amide bonds. The number of fused-ring (bicyclic) bond motifs is 1. The fourth-order valence-electron chi connectivity index (χ4n) is 3.36. The molecule has 0 fully saturated rings. The average Bonchev–Trinajstić information content (AvgIpc) is 2.81. The first-order valence-electron chi connectivity index (χ1n) is 10.4. The number of rotatable bonds is 10. The number of phosphoric acid groups is 1. The number of halogens is 3. The predicted molar refractivity (Wildman–Crippen MR) is 136 cm³/mol. The smallest absolute Gasteiger partial charge is 0.469 e. The van der Waals surface area contributed by atoms with E-state index in [1.54, 1.807) is 6.92 Å². The number of hydrogen-bond acceptors (Lipinski definition) is 8. The van der Waals surface area contributed by atoms with E-state index in [1.807, 2.05) is 0 Å². The summed E-state index contributed by atoms with van der Waals surface area (Å²) < 4.78 is 27.5. The van der Waals surface area contributed by atoms with Gasteiger partial charge in [0, 0.05) is 30.9 Å². The average molecular weight is 597 g/mol. The highest BCUT2D eigenvalue weighted by molar-refractivity contribution is 7.46. The molecule has 200 valence electrons. The van der Waals surface area contributed by atoms with Crippen molar-refractivity contribution in [3.05, 3.63) is 55.4 Å². The van der Waals surface area contributed by atoms with E-state index in [-0.39, 0.29) is 56.5 Å². The van der Waals surface area contributed by atoms with Crippen molar-refractivity contribution in [2.75, 3.05) is 26.9 Å². The predicted octanol–water partition coefficient (Wildman–Crippen LogP) is 2.63. The summed E-state index contributed by atoms with van der Waals surface area (Å²) in [6, 6.07) is 4.12. The van der Waals surface area contributed by atoms with Gasteiger partial charge in [0.25, 0.3) is 5.91 Å². The molecule has 1 unspecified atom stereocenters. The van der Waals surface area contributed by atoms with Crippen LogP contribution in [0.1, 0.15) is 5.69 Å². The number of ether oxygens (including phenoxy) is 2. The Labute approximate surface area is 224 Å². The third-order valence-electron chi connectivity index (χ3n) is 4.89. The maximum Gasteiger partial charge on any atom is 0.469 e. The lowest BCUT2D eigenvalue weighted by Crippen LogP contribution is -2.36. The highest BCUT2D eigenvalue weighted by Gasteiger charge is 2.22. The third-order valence-corrected chi connectivity index (χ3v) is 6.26. The van der Waals surface area contributed by atoms with E-state index < -0.39 is 31.9 Å². The van der Waals surface area contributed by atoms with Crippen LogP contribution in [-0.4, -0.2) is 63.3 Å². The molecule has 16 heteroatoms. The number of pyridine rings is 2. The second kappa shape index (κ2) is 12.0. The number of phosphoric ester groups is 1. The third kappa shape index (κ3) is 6.92. The second-order valence-electron chi connectivity index (χ2n) is 7.47. The Morgan fingerprint density at radius 2 is 1.78 bits per heavy atom. The maximum atomic E-state index is 12.9. The topological polar surface area (TPSA) is 169 Å². The molecule has 0 aliphatic rings. The van der Waals surface area contributed by atoms with Crippen molar-refractivity contribution in [3.63, 3.8) is 0 Å². The Balaban J connectivity index is 2.06. The van der Waals surface area contributed by atoms with Crippen LogP contribution in [0.3, 0.4) is 0 Å². The first kappa shape index (κ1) is 29.2. The van der Waals surface area contributed by atoms with E-state index in [2.05, 4.69) is 14.8 Å². The molecule has 3 rings (SSSR count). The highest BCUT2D eigenvalue weighted by atomic mass is 35.5. The number of nitrogens with zero attached hydrogens (tertiary/aromatic N) is 2. The van der Waals surface area contributed by atoms with Crippen molar-refractivity contribution in [3.8, 4) is 17.3 Å². The van der Waals surface area contributed by atoms with E-state index in [0.29, 0.717) is 5.69 Å². The molecular weight excluding hydrogens is 576 g/mol. The van der Waals surface area contributed by atoms with E-state index in [0.717, 1.165) is 0 Å². The minimum absolute atomic E-state index is 0.0377. The Morgan fingerprint density at radius 1 is 1.14 bits per heavy atom. The number of hydrogen-bond donors (Lipinski definition) is 4. The minimum atomic E-state index is -4.64. The molecular formula is C21H21Cl3N3O9P. The zero-order valence-electron chi connectivity index (χ0n) is 19.3. The largest absolute Gasteiger partial charge is 0.491 e. The zero-order chi connectivity index (χ0) is 27.5. The van der Waals surface area contributed by atoms with Gasteiger partial charge in [0.1, 0.15) is 24.3 Å². The molecule has 3 aromatic rings. The lowest BCUT2D eigenvalue weighted by molar-refractivity contribution is -0.130. The van der Waals surface area contributed by atoms with E-state index in [4.69, 9.17) is 54.1 Å². The van der Waals surface area contributed by atoms with Gasteiger partial charge in [-0.25, -0.2) is 9.55 Å². The van der Waals surface area contributed by atoms with Crippen molar-refractivity contribution < 1.29 is 38.3 Å². The van der Waals surface area contributed by atoms with Crippen molar-refractivity contribution in [1.29, 1.82) is 0 Å². The van der Waals surface area contributed by atoms with Gasteiger partial charge in [0.2, 0.25) is 5.88 Å². The van der Waals surface area contributed by atoms with Crippen molar-refractivity contribution in [1.82, 2.24) is 14.9 Å². The summed E-state index contributed by atoms with van der Waals surface area (Å²) in [5, 5.41) is 12.4. The molecule has 0 aliphatic heterocycles. The standard InChI is InChI=1S/C21H21Cl3N3O9P/c1-10-5-15(28)17-19(14(24)8-26-21(17)35-9-16(29)20(30)25-2)27(10)18-12(22)6-11(7-13(18)23)34-3-4-36-37(31,32)33/h5-8,16,29H,3-4,9H2,1-2H3,(H,25,30)(H2,31,32,33). The lowest BCUT2D eigenvalue weighted by atomic mass is 10.2. The summed E-state index contributed by atoms with van der Waals surface area (Å²) in [5.74, 6) is -0.657. The first-order chi connectivity index (χ1) is 17.3. The molecule has 0 radical (unpaired) electrons. The fourth-order valence-corrected chi connectivity index (χ4v) is 4.53. The van der Waals surface area contributed by atoms with E-state index >= 15 is 0 Å². The molecule has 37 heavy (non-hydrogen) atoms. The number of aromatic nitrogens is 2. The molecule has 0 aliphatic carbocycles. The highest BCUT2D eigenvalue weighted by Crippen LogP contribution is 2.39. The molecule has 0 bridgehead atoms. The molecule has 4 N–H and O–H groups in total. The zero-order valence-corrected chi connectivity index (χ0v) is 22.4.